The molecule has 0 spiro atoms. The summed E-state index contributed by atoms with van der Waals surface area (Å²) in [4.78, 5) is 19.9. The molecule has 0 unspecified atom stereocenters. The van der Waals surface area contributed by atoms with Gasteiger partial charge in [0, 0.05) is 36.2 Å². The van der Waals surface area contributed by atoms with E-state index in [4.69, 9.17) is 10.5 Å². The van der Waals surface area contributed by atoms with Crippen molar-refractivity contribution in [3.05, 3.63) is 52.6 Å². The third-order valence-corrected chi connectivity index (χ3v) is 7.50. The second-order valence-corrected chi connectivity index (χ2v) is 8.80. The lowest BCUT2D eigenvalue weighted by molar-refractivity contribution is 0.0252. The zero-order chi connectivity index (χ0) is 20.3. The van der Waals surface area contributed by atoms with Crippen molar-refractivity contribution in [2.75, 3.05) is 19.4 Å². The van der Waals surface area contributed by atoms with E-state index in [9.17, 15) is 4.79 Å². The second-order valence-electron chi connectivity index (χ2n) is 8.80. The molecule has 2 aliphatic heterocycles. The fourth-order valence-corrected chi connectivity index (χ4v) is 5.64. The molecule has 2 aromatic rings. The molecule has 5 nitrogen and oxygen atoms in total. The van der Waals surface area contributed by atoms with Gasteiger partial charge < -0.3 is 15.4 Å². The highest BCUT2D eigenvalue weighted by atomic mass is 16.5. The van der Waals surface area contributed by atoms with Gasteiger partial charge in [-0.05, 0) is 59.7 Å². The number of piperidine rings is 1. The Hall–Kier alpha value is -2.82. The Morgan fingerprint density at radius 3 is 2.90 bits per heavy atom. The number of hydrogen-bond donors (Lipinski definition) is 1. The van der Waals surface area contributed by atoms with Gasteiger partial charge in [0.25, 0.3) is 5.91 Å². The maximum absolute atomic E-state index is 13.5. The zero-order valence-electron chi connectivity index (χ0n) is 17.2. The molecule has 2 bridgehead atoms. The first-order valence-corrected chi connectivity index (χ1v) is 10.4. The number of aliphatic imine (C=N–C) groups is 1. The van der Waals surface area contributed by atoms with Gasteiger partial charge in [0.15, 0.2) is 0 Å². The van der Waals surface area contributed by atoms with Crippen molar-refractivity contribution in [2.24, 2.45) is 10.9 Å². The van der Waals surface area contributed by atoms with Gasteiger partial charge >= 0.3 is 0 Å². The van der Waals surface area contributed by atoms with Crippen molar-refractivity contribution in [1.29, 1.82) is 0 Å². The van der Waals surface area contributed by atoms with Gasteiger partial charge in [-0.25, -0.2) is 0 Å². The van der Waals surface area contributed by atoms with Crippen LogP contribution in [0.2, 0.25) is 0 Å². The molecular weight excluding hydrogens is 362 g/mol. The lowest BCUT2D eigenvalue weighted by atomic mass is 9.58. The maximum atomic E-state index is 13.5. The second kappa shape index (κ2) is 6.34. The first kappa shape index (κ1) is 18.2. The van der Waals surface area contributed by atoms with E-state index >= 15 is 0 Å². The van der Waals surface area contributed by atoms with Gasteiger partial charge in [-0.1, -0.05) is 19.9 Å². The monoisotopic (exact) mass is 389 g/mol. The summed E-state index contributed by atoms with van der Waals surface area (Å²) in [5.74, 6) is 1.19. The van der Waals surface area contributed by atoms with Gasteiger partial charge in [0.2, 0.25) is 0 Å². The van der Waals surface area contributed by atoms with E-state index in [1.165, 1.54) is 11.1 Å². The molecule has 5 rings (SSSR count). The molecule has 3 aliphatic rings. The van der Waals surface area contributed by atoms with Gasteiger partial charge in [-0.15, -0.1) is 0 Å². The summed E-state index contributed by atoms with van der Waals surface area (Å²) in [5.41, 5.74) is 12.6. The van der Waals surface area contributed by atoms with Crippen molar-refractivity contribution in [3.63, 3.8) is 0 Å². The first-order valence-electron chi connectivity index (χ1n) is 10.4. The van der Waals surface area contributed by atoms with Crippen molar-refractivity contribution in [3.8, 4) is 5.75 Å². The average Bonchev–Trinajstić information content (AvgIpc) is 3.18. The maximum Gasteiger partial charge on any atom is 0.254 e. The van der Waals surface area contributed by atoms with Gasteiger partial charge in [-0.3, -0.25) is 9.79 Å². The van der Waals surface area contributed by atoms with E-state index in [2.05, 4.69) is 29.8 Å². The minimum atomic E-state index is -0.0561. The number of nitrogens with two attached hydrogens (primary N) is 1. The zero-order valence-corrected chi connectivity index (χ0v) is 17.2. The van der Waals surface area contributed by atoms with E-state index < -0.39 is 0 Å². The summed E-state index contributed by atoms with van der Waals surface area (Å²) in [6.07, 6.45) is 4.45. The molecule has 2 aromatic carbocycles. The number of benzene rings is 2. The van der Waals surface area contributed by atoms with Crippen LogP contribution in [0.15, 0.2) is 35.3 Å². The van der Waals surface area contributed by atoms with Crippen molar-refractivity contribution in [2.45, 2.75) is 44.6 Å². The fraction of sp³-hybridized carbons (Fsp3) is 0.417. The molecule has 0 radical (unpaired) electrons. The van der Waals surface area contributed by atoms with Gasteiger partial charge in [-0.2, -0.15) is 0 Å². The molecule has 1 fully saturated rings. The highest BCUT2D eigenvalue weighted by Gasteiger charge is 2.50. The minimum Gasteiger partial charge on any atom is -0.495 e. The van der Waals surface area contributed by atoms with E-state index in [0.29, 0.717) is 5.92 Å². The number of fused-ring (bicyclic) bond motifs is 5. The molecule has 29 heavy (non-hydrogen) atoms. The predicted molar refractivity (Wildman–Crippen MR) is 115 cm³/mol. The van der Waals surface area contributed by atoms with Gasteiger partial charge in [0.05, 0.1) is 18.5 Å². The largest absolute Gasteiger partial charge is 0.495 e. The quantitative estimate of drug-likeness (QED) is 0.792. The SMILES string of the molecule is COc1ccc2c(c1N)[C@]1(C)CCN(C(=O)c3ccc4c(c3)CC=N4)[C@H](C2)[C@H]1C. The van der Waals surface area contributed by atoms with E-state index in [1.807, 2.05) is 30.5 Å². The number of ether oxygens (including phenoxy) is 1. The Balaban J connectivity index is 1.51. The third kappa shape index (κ3) is 2.53. The number of amides is 1. The standard InChI is InChI=1S/C24H27N3O2/c1-14-19-13-16-5-7-20(29-3)22(25)21(16)24(14,2)9-11-27(19)23(28)17-4-6-18-15(12-17)8-10-26-18/h4-7,10,12,14,19H,8-9,11,13,25H2,1-3H3/t14-,19-,24-/m1/s1. The van der Waals surface area contributed by atoms with E-state index in [0.717, 1.165) is 54.1 Å². The summed E-state index contributed by atoms with van der Waals surface area (Å²) in [5, 5.41) is 0. The molecule has 0 aromatic heterocycles. The van der Waals surface area contributed by atoms with Crippen LogP contribution in [0.4, 0.5) is 11.4 Å². The highest BCUT2D eigenvalue weighted by Crippen LogP contribution is 2.52. The molecule has 1 aliphatic carbocycles. The minimum absolute atomic E-state index is 0.0561. The Morgan fingerprint density at radius 2 is 2.10 bits per heavy atom. The van der Waals surface area contributed by atoms with Crippen LogP contribution >= 0.6 is 0 Å². The van der Waals surface area contributed by atoms with Crippen LogP contribution in [-0.4, -0.2) is 36.7 Å². The molecule has 2 heterocycles. The van der Waals surface area contributed by atoms with Gasteiger partial charge in [0.1, 0.15) is 5.75 Å². The summed E-state index contributed by atoms with van der Waals surface area (Å²) in [6.45, 7) is 5.31. The topological polar surface area (TPSA) is 67.9 Å². The lowest BCUT2D eigenvalue weighted by Crippen LogP contribution is -2.59. The van der Waals surface area contributed by atoms with Crippen LogP contribution in [0.1, 0.15) is 47.3 Å². The summed E-state index contributed by atoms with van der Waals surface area (Å²) in [7, 11) is 1.67. The third-order valence-electron chi connectivity index (χ3n) is 7.50. The number of methoxy groups -OCH3 is 1. The Morgan fingerprint density at radius 1 is 1.28 bits per heavy atom. The number of nitrogens with zero attached hydrogens (tertiary/aromatic N) is 2. The number of hydrogen-bond acceptors (Lipinski definition) is 4. The van der Waals surface area contributed by atoms with E-state index in [-0.39, 0.29) is 17.4 Å². The number of carbonyl (C=O) groups is 1. The fourth-order valence-electron chi connectivity index (χ4n) is 5.64. The summed E-state index contributed by atoms with van der Waals surface area (Å²) >= 11 is 0. The number of anilines is 1. The molecule has 3 atom stereocenters. The Labute approximate surface area is 171 Å². The number of likely N-dealkylation sites (tertiary alicyclic amines) is 1. The molecule has 2 N–H and O–H groups in total. The normalized spacial score (nSPS) is 26.8. The Kier molecular flexibility index (Phi) is 3.99. The van der Waals surface area contributed by atoms with Crippen molar-refractivity contribution < 1.29 is 9.53 Å². The van der Waals surface area contributed by atoms with Crippen LogP contribution < -0.4 is 10.5 Å². The highest BCUT2D eigenvalue weighted by molar-refractivity contribution is 5.96. The predicted octanol–water partition coefficient (Wildman–Crippen LogP) is 3.90. The van der Waals surface area contributed by atoms with Crippen LogP contribution in [-0.2, 0) is 18.3 Å². The van der Waals surface area contributed by atoms with Crippen LogP contribution in [0.3, 0.4) is 0 Å². The average molecular weight is 389 g/mol. The van der Waals surface area contributed by atoms with Crippen molar-refractivity contribution >= 4 is 23.5 Å². The number of nitrogen functional groups attached to an aromatic ring is 1. The number of rotatable bonds is 2. The van der Waals surface area contributed by atoms with Crippen LogP contribution in [0.25, 0.3) is 0 Å². The smallest absolute Gasteiger partial charge is 0.254 e. The molecule has 5 heteroatoms. The first-order chi connectivity index (χ1) is 13.9. The van der Waals surface area contributed by atoms with E-state index in [1.54, 1.807) is 7.11 Å². The molecule has 1 saturated heterocycles. The summed E-state index contributed by atoms with van der Waals surface area (Å²) < 4.78 is 5.48. The van der Waals surface area contributed by atoms with Crippen LogP contribution in [0, 0.1) is 5.92 Å². The molecule has 0 saturated carbocycles. The van der Waals surface area contributed by atoms with Crippen molar-refractivity contribution in [1.82, 2.24) is 4.90 Å². The Bertz CT molecular complexity index is 1040. The van der Waals surface area contributed by atoms with Crippen LogP contribution in [0.5, 0.6) is 5.75 Å². The number of carbonyl (C=O) groups excluding carboxylic acids is 1. The molecular formula is C24H27N3O2. The lowest BCUT2D eigenvalue weighted by Gasteiger charge is -2.54. The molecule has 1 amide bonds. The summed E-state index contributed by atoms with van der Waals surface area (Å²) in [6, 6.07) is 10.2. The molecule has 150 valence electrons.